The van der Waals surface area contributed by atoms with E-state index in [1.165, 1.54) is 16.6 Å². The van der Waals surface area contributed by atoms with Gasteiger partial charge in [-0.15, -0.1) is 0 Å². The van der Waals surface area contributed by atoms with Gasteiger partial charge in [-0.05, 0) is 24.8 Å². The number of benzene rings is 1. The number of nitrogens with zero attached hydrogens (tertiary/aromatic N) is 2. The van der Waals surface area contributed by atoms with Crippen LogP contribution in [-0.2, 0) is 25.1 Å². The van der Waals surface area contributed by atoms with Gasteiger partial charge in [0.25, 0.3) is 10.1 Å². The van der Waals surface area contributed by atoms with E-state index in [1.54, 1.807) is 18.2 Å². The Kier molecular flexibility index (Phi) is 5.08. The number of fused-ring (bicyclic) bond motifs is 1. The van der Waals surface area contributed by atoms with Gasteiger partial charge in [0.2, 0.25) is 15.0 Å². The van der Waals surface area contributed by atoms with Crippen molar-refractivity contribution in [2.75, 3.05) is 37.3 Å². The molecule has 2 N–H and O–H groups in total. The second-order valence-corrected chi connectivity index (χ2v) is 10.7. The molecular weight excluding hydrogens is 380 g/mol. The molecule has 0 bridgehead atoms. The van der Waals surface area contributed by atoms with Crippen molar-refractivity contribution >= 4 is 25.8 Å². The first-order valence-electron chi connectivity index (χ1n) is 8.51. The molecule has 0 aromatic heterocycles. The summed E-state index contributed by atoms with van der Waals surface area (Å²) in [6.07, 6.45) is 2.55. The summed E-state index contributed by atoms with van der Waals surface area (Å²) in [5.41, 5.74) is 0.770. The quantitative estimate of drug-likeness (QED) is 0.706. The molecule has 0 saturated carbocycles. The predicted octanol–water partition coefficient (Wildman–Crippen LogP) is 0.601. The first kappa shape index (κ1) is 19.6. The van der Waals surface area contributed by atoms with Crippen LogP contribution in [0.5, 0.6) is 0 Å². The van der Waals surface area contributed by atoms with Crippen molar-refractivity contribution in [1.29, 1.82) is 0 Å². The molecule has 0 spiro atoms. The van der Waals surface area contributed by atoms with Gasteiger partial charge in [-0.3, -0.25) is 4.55 Å². The third kappa shape index (κ3) is 3.61. The maximum atomic E-state index is 11.7. The van der Waals surface area contributed by atoms with Crippen LogP contribution in [0.2, 0.25) is 0 Å². The van der Waals surface area contributed by atoms with Crippen molar-refractivity contribution in [3.05, 3.63) is 29.8 Å². The molecule has 0 aliphatic carbocycles. The molecule has 10 heteroatoms. The van der Waals surface area contributed by atoms with E-state index in [1.807, 2.05) is 4.90 Å². The lowest BCUT2D eigenvalue weighted by Crippen LogP contribution is -2.47. The minimum atomic E-state index is -4.66. The lowest BCUT2D eigenvalue weighted by Gasteiger charge is -2.41. The van der Waals surface area contributed by atoms with Gasteiger partial charge in [-0.25, -0.2) is 12.7 Å². The number of piperidine rings is 1. The summed E-state index contributed by atoms with van der Waals surface area (Å²) in [7, 11) is -7.83. The number of hydrogen-bond donors (Lipinski definition) is 2. The Bertz CT molecular complexity index is 878. The van der Waals surface area contributed by atoms with E-state index in [-0.39, 0.29) is 17.9 Å². The summed E-state index contributed by atoms with van der Waals surface area (Å²) in [6.45, 7) is 1.90. The van der Waals surface area contributed by atoms with Gasteiger partial charge in [0.15, 0.2) is 0 Å². The molecule has 1 aromatic carbocycles. The van der Waals surface area contributed by atoms with Crippen molar-refractivity contribution in [1.82, 2.24) is 4.31 Å². The topological polar surface area (TPSA) is 115 Å². The Morgan fingerprint density at radius 2 is 1.73 bits per heavy atom. The number of rotatable bonds is 4. The zero-order valence-corrected chi connectivity index (χ0v) is 16.2. The predicted molar refractivity (Wildman–Crippen MR) is 97.9 cm³/mol. The van der Waals surface area contributed by atoms with Crippen LogP contribution in [0.4, 0.5) is 5.69 Å². The second kappa shape index (κ2) is 6.75. The minimum Gasteiger partial charge on any atom is -0.371 e. The van der Waals surface area contributed by atoms with Crippen LogP contribution in [0, 0.1) is 5.92 Å². The van der Waals surface area contributed by atoms with E-state index in [4.69, 9.17) is 0 Å². The van der Waals surface area contributed by atoms with E-state index in [2.05, 4.69) is 0 Å². The van der Waals surface area contributed by atoms with Crippen LogP contribution in [0.3, 0.4) is 0 Å². The maximum Gasteiger partial charge on any atom is 0.299 e. The van der Waals surface area contributed by atoms with Gasteiger partial charge >= 0.3 is 0 Å². The van der Waals surface area contributed by atoms with Gasteiger partial charge in [0, 0.05) is 43.9 Å². The molecule has 146 valence electrons. The highest BCUT2D eigenvalue weighted by Crippen LogP contribution is 2.42. The lowest BCUT2D eigenvalue weighted by molar-refractivity contribution is 0.0992. The van der Waals surface area contributed by atoms with E-state index in [9.17, 15) is 26.5 Å². The molecular formula is C16H24N2O6S2. The van der Waals surface area contributed by atoms with Crippen molar-refractivity contribution in [3.63, 3.8) is 0 Å². The highest BCUT2D eigenvalue weighted by molar-refractivity contribution is 7.88. The highest BCUT2D eigenvalue weighted by atomic mass is 32.2. The maximum absolute atomic E-state index is 11.7. The molecule has 2 aliphatic rings. The first-order chi connectivity index (χ1) is 12.0. The molecule has 3 rings (SSSR count). The van der Waals surface area contributed by atoms with E-state index in [0.29, 0.717) is 31.9 Å². The number of para-hydroxylation sites is 1. The van der Waals surface area contributed by atoms with Crippen LogP contribution in [0.15, 0.2) is 24.3 Å². The third-order valence-corrected chi connectivity index (χ3v) is 7.91. The Hall–Kier alpha value is -1.20. The SMILES string of the molecule is CS(=O)(=O)N1CCC(CN2CCC(O)(S(=O)(=O)O)c3ccccc32)CC1. The van der Waals surface area contributed by atoms with Gasteiger partial charge in [-0.2, -0.15) is 8.42 Å². The number of sulfonamides is 1. The average Bonchev–Trinajstić information content (AvgIpc) is 2.56. The fraction of sp³-hybridized carbons (Fsp3) is 0.625. The van der Waals surface area contributed by atoms with Crippen molar-refractivity contribution in [2.45, 2.75) is 24.2 Å². The zero-order chi connectivity index (χ0) is 19.2. The van der Waals surface area contributed by atoms with Crippen molar-refractivity contribution in [2.24, 2.45) is 5.92 Å². The lowest BCUT2D eigenvalue weighted by atomic mass is 9.93. The van der Waals surface area contributed by atoms with Gasteiger partial charge in [0.1, 0.15) is 0 Å². The Morgan fingerprint density at radius 3 is 2.31 bits per heavy atom. The summed E-state index contributed by atoms with van der Waals surface area (Å²) in [6, 6.07) is 6.63. The van der Waals surface area contributed by atoms with Crippen molar-refractivity contribution in [3.8, 4) is 0 Å². The van der Waals surface area contributed by atoms with E-state index < -0.39 is 25.1 Å². The second-order valence-electron chi connectivity index (χ2n) is 7.08. The summed E-state index contributed by atoms with van der Waals surface area (Å²) < 4.78 is 57.7. The van der Waals surface area contributed by atoms with Gasteiger partial charge < -0.3 is 10.0 Å². The molecule has 26 heavy (non-hydrogen) atoms. The molecule has 2 heterocycles. The van der Waals surface area contributed by atoms with Gasteiger partial charge in [-0.1, -0.05) is 18.2 Å². The van der Waals surface area contributed by atoms with Crippen LogP contribution in [0.1, 0.15) is 24.8 Å². The molecule has 1 unspecified atom stereocenters. The fourth-order valence-electron chi connectivity index (χ4n) is 3.81. The zero-order valence-electron chi connectivity index (χ0n) is 14.6. The number of hydrogen-bond acceptors (Lipinski definition) is 6. The number of aliphatic hydroxyl groups is 1. The minimum absolute atomic E-state index is 0.120. The van der Waals surface area contributed by atoms with Crippen LogP contribution in [-0.4, -0.2) is 63.2 Å². The largest absolute Gasteiger partial charge is 0.371 e. The number of anilines is 1. The standard InChI is InChI=1S/C16H24N2O6S2/c1-25(20,21)18-9-6-13(7-10-18)12-17-11-8-16(19,26(22,23)24)14-4-2-3-5-15(14)17/h2-5,13,19H,6-12H2,1H3,(H,22,23,24). The Morgan fingerprint density at radius 1 is 1.12 bits per heavy atom. The third-order valence-electron chi connectivity index (χ3n) is 5.33. The van der Waals surface area contributed by atoms with E-state index in [0.717, 1.165) is 12.8 Å². The van der Waals surface area contributed by atoms with Gasteiger partial charge in [0.05, 0.1) is 6.26 Å². The van der Waals surface area contributed by atoms with Crippen LogP contribution < -0.4 is 4.90 Å². The molecule has 0 radical (unpaired) electrons. The molecule has 2 aliphatic heterocycles. The monoisotopic (exact) mass is 404 g/mol. The first-order valence-corrected chi connectivity index (χ1v) is 11.8. The Balaban J connectivity index is 1.78. The summed E-state index contributed by atoms with van der Waals surface area (Å²) in [4.78, 5) is -0.282. The summed E-state index contributed by atoms with van der Waals surface area (Å²) in [5.74, 6) is 0.276. The molecule has 1 fully saturated rings. The molecule has 8 nitrogen and oxygen atoms in total. The summed E-state index contributed by atoms with van der Waals surface area (Å²) in [5, 5.41) is 10.6. The van der Waals surface area contributed by atoms with E-state index >= 15 is 0 Å². The molecule has 0 amide bonds. The molecule has 1 atom stereocenters. The molecule has 1 aromatic rings. The van der Waals surface area contributed by atoms with Crippen molar-refractivity contribution < 1.29 is 26.5 Å². The smallest absolute Gasteiger partial charge is 0.299 e. The van der Waals surface area contributed by atoms with Crippen LogP contribution in [0.25, 0.3) is 0 Å². The Labute approximate surface area is 154 Å². The summed E-state index contributed by atoms with van der Waals surface area (Å²) >= 11 is 0. The van der Waals surface area contributed by atoms with Crippen LogP contribution >= 0.6 is 0 Å². The fourth-order valence-corrected chi connectivity index (χ4v) is 5.49. The molecule has 1 saturated heterocycles. The normalized spacial score (nSPS) is 25.9. The highest BCUT2D eigenvalue weighted by Gasteiger charge is 2.47. The average molecular weight is 405 g/mol.